The first-order valence-electron chi connectivity index (χ1n) is 5.86. The van der Waals surface area contributed by atoms with Crippen molar-refractivity contribution in [1.29, 1.82) is 0 Å². The van der Waals surface area contributed by atoms with E-state index in [0.717, 1.165) is 32.6 Å². The molecule has 2 rings (SSSR count). The van der Waals surface area contributed by atoms with E-state index >= 15 is 0 Å². The molecule has 0 radical (unpaired) electrons. The molecule has 2 aliphatic rings. The fraction of sp³-hybridized carbons (Fsp3) is 1.00. The van der Waals surface area contributed by atoms with E-state index in [4.69, 9.17) is 9.47 Å². The lowest BCUT2D eigenvalue weighted by Gasteiger charge is -2.24. The van der Waals surface area contributed by atoms with E-state index < -0.39 is 6.17 Å². The minimum absolute atomic E-state index is 0.0536. The summed E-state index contributed by atoms with van der Waals surface area (Å²) in [6, 6.07) is 0.524. The Balaban J connectivity index is 1.65. The van der Waals surface area contributed by atoms with Crippen molar-refractivity contribution in [3.63, 3.8) is 0 Å². The maximum absolute atomic E-state index is 13.2. The molecule has 2 aliphatic heterocycles. The molecule has 0 aromatic carbocycles. The van der Waals surface area contributed by atoms with Gasteiger partial charge < -0.3 is 14.8 Å². The first-order chi connectivity index (χ1) is 7.25. The molecule has 2 saturated heterocycles. The monoisotopic (exact) mass is 217 g/mol. The number of halogens is 1. The van der Waals surface area contributed by atoms with Crippen molar-refractivity contribution >= 4 is 0 Å². The highest BCUT2D eigenvalue weighted by molar-refractivity contribution is 4.82. The molecule has 0 bridgehead atoms. The average Bonchev–Trinajstić information content (AvgIpc) is 2.57. The van der Waals surface area contributed by atoms with Crippen LogP contribution in [0.5, 0.6) is 0 Å². The van der Waals surface area contributed by atoms with E-state index in [-0.39, 0.29) is 12.2 Å². The topological polar surface area (TPSA) is 30.5 Å². The third-order valence-electron chi connectivity index (χ3n) is 3.26. The highest BCUT2D eigenvalue weighted by Gasteiger charge is 2.32. The van der Waals surface area contributed by atoms with Crippen molar-refractivity contribution in [2.75, 3.05) is 19.8 Å². The number of hydrogen-bond acceptors (Lipinski definition) is 3. The van der Waals surface area contributed by atoms with Crippen molar-refractivity contribution in [3.8, 4) is 0 Å². The van der Waals surface area contributed by atoms with Gasteiger partial charge in [0.1, 0.15) is 6.17 Å². The minimum Gasteiger partial charge on any atom is -0.381 e. The third kappa shape index (κ3) is 3.13. The summed E-state index contributed by atoms with van der Waals surface area (Å²) in [7, 11) is 0. The number of hydrogen-bond donors (Lipinski definition) is 1. The van der Waals surface area contributed by atoms with Crippen molar-refractivity contribution in [3.05, 3.63) is 0 Å². The van der Waals surface area contributed by atoms with Crippen LogP contribution in [-0.4, -0.2) is 44.2 Å². The molecule has 0 aromatic heterocycles. The second kappa shape index (κ2) is 5.23. The molecule has 3 unspecified atom stereocenters. The van der Waals surface area contributed by atoms with E-state index in [0.29, 0.717) is 12.5 Å². The van der Waals surface area contributed by atoms with Gasteiger partial charge in [-0.2, -0.15) is 0 Å². The first-order valence-corrected chi connectivity index (χ1v) is 5.86. The van der Waals surface area contributed by atoms with E-state index in [9.17, 15) is 4.39 Å². The van der Waals surface area contributed by atoms with Crippen molar-refractivity contribution < 1.29 is 13.9 Å². The second-order valence-corrected chi connectivity index (χ2v) is 4.51. The van der Waals surface area contributed by atoms with Crippen LogP contribution in [0, 0.1) is 0 Å². The van der Waals surface area contributed by atoms with Gasteiger partial charge in [-0.3, -0.25) is 0 Å². The molecule has 15 heavy (non-hydrogen) atoms. The standard InChI is InChI=1S/C11H20FNO2/c1-8-11(12)6-10(15-8)7-13-9-2-4-14-5-3-9/h8-11,13H,2-7H2,1H3. The lowest BCUT2D eigenvalue weighted by Crippen LogP contribution is -2.39. The van der Waals surface area contributed by atoms with E-state index in [1.165, 1.54) is 0 Å². The second-order valence-electron chi connectivity index (χ2n) is 4.51. The van der Waals surface area contributed by atoms with Crippen molar-refractivity contribution in [2.24, 2.45) is 0 Å². The Hall–Kier alpha value is -0.190. The van der Waals surface area contributed by atoms with Crippen LogP contribution in [0.1, 0.15) is 26.2 Å². The maximum Gasteiger partial charge on any atom is 0.128 e. The summed E-state index contributed by atoms with van der Waals surface area (Å²) in [4.78, 5) is 0. The van der Waals surface area contributed by atoms with E-state index in [1.807, 2.05) is 0 Å². The molecule has 2 heterocycles. The van der Waals surface area contributed by atoms with Crippen LogP contribution in [0.15, 0.2) is 0 Å². The largest absolute Gasteiger partial charge is 0.381 e. The maximum atomic E-state index is 13.2. The summed E-state index contributed by atoms with van der Waals surface area (Å²) in [5.41, 5.74) is 0. The Morgan fingerprint density at radius 3 is 2.67 bits per heavy atom. The number of ether oxygens (including phenoxy) is 2. The Morgan fingerprint density at radius 2 is 2.07 bits per heavy atom. The predicted octanol–water partition coefficient (Wildman–Crippen LogP) is 1.27. The van der Waals surface area contributed by atoms with Gasteiger partial charge in [0.2, 0.25) is 0 Å². The van der Waals surface area contributed by atoms with Gasteiger partial charge >= 0.3 is 0 Å². The molecule has 3 nitrogen and oxygen atoms in total. The molecule has 88 valence electrons. The molecule has 0 saturated carbocycles. The summed E-state index contributed by atoms with van der Waals surface area (Å²) >= 11 is 0. The lowest BCUT2D eigenvalue weighted by molar-refractivity contribution is 0.0333. The van der Waals surface area contributed by atoms with Gasteiger partial charge in [-0.15, -0.1) is 0 Å². The van der Waals surface area contributed by atoms with Crippen LogP contribution in [0.3, 0.4) is 0 Å². The fourth-order valence-electron chi connectivity index (χ4n) is 2.22. The van der Waals surface area contributed by atoms with Crippen molar-refractivity contribution in [1.82, 2.24) is 5.32 Å². The van der Waals surface area contributed by atoms with Crippen LogP contribution in [0.4, 0.5) is 4.39 Å². The zero-order valence-corrected chi connectivity index (χ0v) is 9.25. The average molecular weight is 217 g/mol. The zero-order chi connectivity index (χ0) is 10.7. The van der Waals surface area contributed by atoms with Gasteiger partial charge in [0, 0.05) is 32.2 Å². The molecule has 0 amide bonds. The van der Waals surface area contributed by atoms with Gasteiger partial charge in [-0.1, -0.05) is 0 Å². The lowest BCUT2D eigenvalue weighted by atomic mass is 10.1. The van der Waals surface area contributed by atoms with Gasteiger partial charge in [0.15, 0.2) is 0 Å². The molecule has 0 aromatic rings. The van der Waals surface area contributed by atoms with Gasteiger partial charge in [-0.25, -0.2) is 4.39 Å². The quantitative estimate of drug-likeness (QED) is 0.772. The molecular formula is C11H20FNO2. The zero-order valence-electron chi connectivity index (χ0n) is 9.25. The Kier molecular flexibility index (Phi) is 3.94. The predicted molar refractivity (Wildman–Crippen MR) is 55.7 cm³/mol. The number of alkyl halides is 1. The molecule has 1 N–H and O–H groups in total. The normalized spacial score (nSPS) is 38.4. The Morgan fingerprint density at radius 1 is 1.33 bits per heavy atom. The summed E-state index contributed by atoms with van der Waals surface area (Å²) in [5, 5.41) is 3.43. The van der Waals surface area contributed by atoms with Crippen LogP contribution >= 0.6 is 0 Å². The minimum atomic E-state index is -0.786. The molecular weight excluding hydrogens is 197 g/mol. The van der Waals surface area contributed by atoms with E-state index in [1.54, 1.807) is 6.92 Å². The highest BCUT2D eigenvalue weighted by atomic mass is 19.1. The SMILES string of the molecule is CC1OC(CNC2CCOCC2)CC1F. The fourth-order valence-corrected chi connectivity index (χ4v) is 2.22. The van der Waals surface area contributed by atoms with Crippen LogP contribution < -0.4 is 5.32 Å². The van der Waals surface area contributed by atoms with Crippen molar-refractivity contribution in [2.45, 2.75) is 50.6 Å². The van der Waals surface area contributed by atoms with Gasteiger partial charge in [-0.05, 0) is 19.8 Å². The summed E-state index contributed by atoms with van der Waals surface area (Å²) < 4.78 is 23.9. The van der Waals surface area contributed by atoms with Crippen LogP contribution in [0.2, 0.25) is 0 Å². The summed E-state index contributed by atoms with van der Waals surface area (Å²) in [6.45, 7) is 4.26. The third-order valence-corrected chi connectivity index (χ3v) is 3.26. The molecule has 0 spiro atoms. The number of rotatable bonds is 3. The molecule has 2 fully saturated rings. The Bertz CT molecular complexity index is 187. The van der Waals surface area contributed by atoms with Gasteiger partial charge in [0.25, 0.3) is 0 Å². The van der Waals surface area contributed by atoms with E-state index in [2.05, 4.69) is 5.32 Å². The van der Waals surface area contributed by atoms with Gasteiger partial charge in [0.05, 0.1) is 12.2 Å². The summed E-state index contributed by atoms with van der Waals surface area (Å²) in [5.74, 6) is 0. The highest BCUT2D eigenvalue weighted by Crippen LogP contribution is 2.22. The molecule has 0 aliphatic carbocycles. The Labute approximate surface area is 90.3 Å². The molecule has 4 heteroatoms. The summed E-state index contributed by atoms with van der Waals surface area (Å²) in [6.07, 6.45) is 1.69. The molecule has 3 atom stereocenters. The number of nitrogens with one attached hydrogen (secondary N) is 1. The van der Waals surface area contributed by atoms with Crippen LogP contribution in [-0.2, 0) is 9.47 Å². The first kappa shape index (κ1) is 11.3. The van der Waals surface area contributed by atoms with Crippen LogP contribution in [0.25, 0.3) is 0 Å². The smallest absolute Gasteiger partial charge is 0.128 e.